The van der Waals surface area contributed by atoms with Crippen molar-refractivity contribution < 1.29 is 9.90 Å². The molecule has 0 saturated carbocycles. The van der Waals surface area contributed by atoms with Gasteiger partial charge in [0.15, 0.2) is 0 Å². The van der Waals surface area contributed by atoms with Crippen molar-refractivity contribution in [3.05, 3.63) is 42.7 Å². The van der Waals surface area contributed by atoms with E-state index in [1.807, 2.05) is 36.5 Å². The van der Waals surface area contributed by atoms with Gasteiger partial charge in [-0.05, 0) is 24.3 Å². The molecule has 1 aromatic heterocycles. The van der Waals surface area contributed by atoms with Crippen molar-refractivity contribution in [2.24, 2.45) is 0 Å². The Hall–Kier alpha value is -2.14. The molecule has 92 valence electrons. The van der Waals surface area contributed by atoms with Gasteiger partial charge in [-0.3, -0.25) is 4.79 Å². The molecule has 1 atom stereocenters. The molecule has 2 aromatic rings. The first-order valence-corrected chi connectivity index (χ1v) is 5.82. The molecule has 0 radical (unpaired) electrons. The summed E-state index contributed by atoms with van der Waals surface area (Å²) in [6, 6.07) is 9.40. The molecule has 18 heavy (non-hydrogen) atoms. The number of aliphatic hydroxyl groups excluding tert-OH is 1. The van der Waals surface area contributed by atoms with Gasteiger partial charge in [0.05, 0.1) is 24.8 Å². The van der Waals surface area contributed by atoms with E-state index in [0.717, 1.165) is 11.4 Å². The van der Waals surface area contributed by atoms with Crippen LogP contribution in [-0.4, -0.2) is 33.4 Å². The van der Waals surface area contributed by atoms with Crippen LogP contribution in [0.25, 0.3) is 5.69 Å². The molecule has 0 bridgehead atoms. The minimum absolute atomic E-state index is 0.0416. The van der Waals surface area contributed by atoms with E-state index in [9.17, 15) is 9.90 Å². The predicted octanol–water partition coefficient (Wildman–Crippen LogP) is 0.970. The Morgan fingerprint density at radius 2 is 2.11 bits per heavy atom. The molecule has 0 aliphatic carbocycles. The zero-order chi connectivity index (χ0) is 12.5. The van der Waals surface area contributed by atoms with Crippen LogP contribution in [0.3, 0.4) is 0 Å². The molecule has 0 spiro atoms. The second kappa shape index (κ2) is 4.27. The molecule has 5 nitrogen and oxygen atoms in total. The van der Waals surface area contributed by atoms with Gasteiger partial charge >= 0.3 is 0 Å². The average Bonchev–Trinajstić information content (AvgIpc) is 2.99. The number of carbonyl (C=O) groups excluding carboxylic acids is 1. The lowest BCUT2D eigenvalue weighted by Crippen LogP contribution is -2.25. The highest BCUT2D eigenvalue weighted by Crippen LogP contribution is 2.23. The Morgan fingerprint density at radius 1 is 1.28 bits per heavy atom. The normalized spacial score (nSPS) is 19.5. The van der Waals surface area contributed by atoms with Crippen LogP contribution >= 0.6 is 0 Å². The van der Waals surface area contributed by atoms with Gasteiger partial charge in [0.25, 0.3) is 0 Å². The van der Waals surface area contributed by atoms with Crippen LogP contribution in [0.1, 0.15) is 6.42 Å². The number of rotatable bonds is 2. The van der Waals surface area contributed by atoms with Gasteiger partial charge in [0.1, 0.15) is 0 Å². The number of hydrogen-bond donors (Lipinski definition) is 1. The third-order valence-corrected chi connectivity index (χ3v) is 3.01. The molecular formula is C13H13N3O2. The van der Waals surface area contributed by atoms with Crippen LogP contribution in [0.5, 0.6) is 0 Å². The number of carbonyl (C=O) groups is 1. The number of benzene rings is 1. The molecule has 1 fully saturated rings. The molecule has 2 heterocycles. The van der Waals surface area contributed by atoms with E-state index in [4.69, 9.17) is 0 Å². The summed E-state index contributed by atoms with van der Waals surface area (Å²) in [6.07, 6.45) is 3.19. The molecule has 1 unspecified atom stereocenters. The predicted molar refractivity (Wildman–Crippen MR) is 66.5 cm³/mol. The monoisotopic (exact) mass is 243 g/mol. The van der Waals surface area contributed by atoms with Gasteiger partial charge in [0, 0.05) is 18.1 Å². The fraction of sp³-hybridized carbons (Fsp3) is 0.231. The Kier molecular flexibility index (Phi) is 2.60. The summed E-state index contributed by atoms with van der Waals surface area (Å²) < 4.78 is 1.74. The molecule has 1 amide bonds. The van der Waals surface area contributed by atoms with Gasteiger partial charge in [-0.2, -0.15) is 5.10 Å². The Labute approximate surface area is 104 Å². The summed E-state index contributed by atoms with van der Waals surface area (Å²) in [5, 5.41) is 13.7. The van der Waals surface area contributed by atoms with Gasteiger partial charge in [-0.25, -0.2) is 4.68 Å². The minimum atomic E-state index is -0.564. The second-order valence-electron chi connectivity index (χ2n) is 4.33. The smallest absolute Gasteiger partial charge is 0.229 e. The Bertz CT molecular complexity index is 565. The van der Waals surface area contributed by atoms with Crippen molar-refractivity contribution in [2.75, 3.05) is 11.4 Å². The molecule has 5 heteroatoms. The lowest BCUT2D eigenvalue weighted by molar-refractivity contribution is -0.117. The Balaban J connectivity index is 1.94. The highest BCUT2D eigenvalue weighted by Gasteiger charge is 2.29. The lowest BCUT2D eigenvalue weighted by Gasteiger charge is -2.16. The highest BCUT2D eigenvalue weighted by molar-refractivity contribution is 5.96. The summed E-state index contributed by atoms with van der Waals surface area (Å²) >= 11 is 0. The van der Waals surface area contributed by atoms with Crippen LogP contribution in [0.2, 0.25) is 0 Å². The van der Waals surface area contributed by atoms with E-state index in [-0.39, 0.29) is 12.3 Å². The maximum absolute atomic E-state index is 11.7. The molecule has 1 N–H and O–H groups in total. The third-order valence-electron chi connectivity index (χ3n) is 3.01. The molecule has 1 aliphatic rings. The summed E-state index contributed by atoms with van der Waals surface area (Å²) in [5.74, 6) is -0.0416. The second-order valence-corrected chi connectivity index (χ2v) is 4.33. The summed E-state index contributed by atoms with van der Waals surface area (Å²) in [6.45, 7) is 0.362. The van der Waals surface area contributed by atoms with Crippen LogP contribution in [-0.2, 0) is 4.79 Å². The first kappa shape index (κ1) is 11.0. The maximum atomic E-state index is 11.7. The van der Waals surface area contributed by atoms with Crippen molar-refractivity contribution in [2.45, 2.75) is 12.5 Å². The van der Waals surface area contributed by atoms with Crippen LogP contribution in [0.15, 0.2) is 42.7 Å². The number of nitrogens with zero attached hydrogens (tertiary/aromatic N) is 3. The van der Waals surface area contributed by atoms with E-state index >= 15 is 0 Å². The standard InChI is InChI=1S/C13H13N3O2/c17-12-8-13(18)15(9-12)10-3-1-4-11(7-10)16-6-2-5-14-16/h1-7,12,17H,8-9H2. The van der Waals surface area contributed by atoms with Gasteiger partial charge < -0.3 is 10.0 Å². The zero-order valence-corrected chi connectivity index (χ0v) is 9.73. The van der Waals surface area contributed by atoms with E-state index in [2.05, 4.69) is 5.10 Å². The SMILES string of the molecule is O=C1CC(O)CN1c1cccc(-n2cccn2)c1. The molecule has 1 aromatic carbocycles. The van der Waals surface area contributed by atoms with Crippen molar-refractivity contribution in [3.8, 4) is 5.69 Å². The largest absolute Gasteiger partial charge is 0.391 e. The number of aliphatic hydroxyl groups is 1. The van der Waals surface area contributed by atoms with Crippen molar-refractivity contribution >= 4 is 11.6 Å². The van der Waals surface area contributed by atoms with Crippen molar-refractivity contribution in [3.63, 3.8) is 0 Å². The summed E-state index contributed by atoms with van der Waals surface area (Å²) in [7, 11) is 0. The minimum Gasteiger partial charge on any atom is -0.391 e. The van der Waals surface area contributed by atoms with E-state index < -0.39 is 6.10 Å². The van der Waals surface area contributed by atoms with Gasteiger partial charge in [-0.15, -0.1) is 0 Å². The molecule has 3 rings (SSSR count). The first-order valence-electron chi connectivity index (χ1n) is 5.82. The Morgan fingerprint density at radius 3 is 2.78 bits per heavy atom. The topological polar surface area (TPSA) is 58.4 Å². The maximum Gasteiger partial charge on any atom is 0.229 e. The quantitative estimate of drug-likeness (QED) is 0.855. The van der Waals surface area contributed by atoms with Gasteiger partial charge in [-0.1, -0.05) is 6.07 Å². The number of hydrogen-bond acceptors (Lipinski definition) is 3. The van der Waals surface area contributed by atoms with Crippen molar-refractivity contribution in [1.82, 2.24) is 9.78 Å². The molecule has 1 aliphatic heterocycles. The molecule has 1 saturated heterocycles. The fourth-order valence-electron chi connectivity index (χ4n) is 2.16. The van der Waals surface area contributed by atoms with E-state index in [0.29, 0.717) is 6.54 Å². The van der Waals surface area contributed by atoms with Crippen LogP contribution in [0, 0.1) is 0 Å². The molecular weight excluding hydrogens is 230 g/mol. The van der Waals surface area contributed by atoms with Crippen LogP contribution in [0.4, 0.5) is 5.69 Å². The number of anilines is 1. The summed E-state index contributed by atoms with van der Waals surface area (Å²) in [5.41, 5.74) is 1.69. The first-order chi connectivity index (χ1) is 8.74. The average molecular weight is 243 g/mol. The number of β-amino-alcohol motifs (C(OH)–C–C–N with tert-alkyl or cyclic N) is 1. The van der Waals surface area contributed by atoms with Crippen LogP contribution < -0.4 is 4.90 Å². The number of amides is 1. The van der Waals surface area contributed by atoms with E-state index in [1.165, 1.54) is 0 Å². The van der Waals surface area contributed by atoms with Gasteiger partial charge in [0.2, 0.25) is 5.91 Å². The third kappa shape index (κ3) is 1.89. The lowest BCUT2D eigenvalue weighted by atomic mass is 10.2. The number of aromatic nitrogens is 2. The zero-order valence-electron chi connectivity index (χ0n) is 9.73. The van der Waals surface area contributed by atoms with Crippen molar-refractivity contribution in [1.29, 1.82) is 0 Å². The summed E-state index contributed by atoms with van der Waals surface area (Å²) in [4.78, 5) is 13.3. The highest BCUT2D eigenvalue weighted by atomic mass is 16.3. The fourth-order valence-corrected chi connectivity index (χ4v) is 2.16. The van der Waals surface area contributed by atoms with E-state index in [1.54, 1.807) is 15.8 Å².